The molecule has 0 radical (unpaired) electrons. The highest BCUT2D eigenvalue weighted by molar-refractivity contribution is 7.89. The first-order chi connectivity index (χ1) is 9.88. The maximum Gasteiger partial charge on any atom is 0.243 e. The fourth-order valence-electron chi connectivity index (χ4n) is 1.86. The number of halogens is 1. The Kier molecular flexibility index (Phi) is 4.92. The highest BCUT2D eigenvalue weighted by Crippen LogP contribution is 2.08. The van der Waals surface area contributed by atoms with Crippen molar-refractivity contribution in [3.05, 3.63) is 35.1 Å². The molecule has 0 aliphatic carbocycles. The van der Waals surface area contributed by atoms with E-state index in [-0.39, 0.29) is 10.2 Å². The third kappa shape index (κ3) is 4.23. The molecule has 0 atom stereocenters. The third-order valence-corrected chi connectivity index (χ3v) is 4.46. The maximum atomic E-state index is 12.0. The van der Waals surface area contributed by atoms with Gasteiger partial charge in [-0.15, -0.1) is 0 Å². The van der Waals surface area contributed by atoms with E-state index in [1.807, 2.05) is 24.6 Å². The quantitative estimate of drug-likeness (QED) is 0.637. The zero-order valence-corrected chi connectivity index (χ0v) is 13.3. The summed E-state index contributed by atoms with van der Waals surface area (Å²) in [6, 6.07) is 1.98. The lowest BCUT2D eigenvalue weighted by molar-refractivity contribution is 0.544. The van der Waals surface area contributed by atoms with E-state index in [0.717, 1.165) is 11.4 Å². The molecule has 0 aromatic carbocycles. The molecule has 0 amide bonds. The molecule has 21 heavy (non-hydrogen) atoms. The van der Waals surface area contributed by atoms with Gasteiger partial charge in [-0.05, 0) is 37.9 Å². The fraction of sp³-hybridized carbons (Fsp3) is 0.417. The van der Waals surface area contributed by atoms with E-state index in [4.69, 9.17) is 11.6 Å². The summed E-state index contributed by atoms with van der Waals surface area (Å²) in [4.78, 5) is 7.31. The van der Waals surface area contributed by atoms with Crippen LogP contribution in [0.1, 0.15) is 17.8 Å². The number of rotatable bonds is 6. The summed E-state index contributed by atoms with van der Waals surface area (Å²) in [7, 11) is -3.60. The van der Waals surface area contributed by atoms with Crippen LogP contribution in [-0.2, 0) is 16.6 Å². The Morgan fingerprint density at radius 2 is 1.95 bits per heavy atom. The van der Waals surface area contributed by atoms with E-state index in [2.05, 4.69) is 19.8 Å². The summed E-state index contributed by atoms with van der Waals surface area (Å²) in [6.07, 6.45) is 2.99. The molecule has 114 valence electrons. The van der Waals surface area contributed by atoms with Gasteiger partial charge >= 0.3 is 0 Å². The minimum Gasteiger partial charge on any atom is -0.270 e. The molecule has 0 saturated carbocycles. The normalized spacial score (nSPS) is 11.8. The van der Waals surface area contributed by atoms with Crippen molar-refractivity contribution in [1.29, 1.82) is 0 Å². The molecular weight excluding hydrogens is 314 g/mol. The van der Waals surface area contributed by atoms with Gasteiger partial charge in [-0.1, -0.05) is 0 Å². The van der Waals surface area contributed by atoms with Crippen molar-refractivity contribution in [2.75, 3.05) is 6.54 Å². The Morgan fingerprint density at radius 3 is 2.52 bits per heavy atom. The monoisotopic (exact) mass is 329 g/mol. The Bertz CT molecular complexity index is 712. The van der Waals surface area contributed by atoms with E-state index in [1.165, 1.54) is 12.4 Å². The Hall–Kier alpha value is -1.51. The summed E-state index contributed by atoms with van der Waals surface area (Å²) in [5.74, 6) is 0. The van der Waals surface area contributed by atoms with Gasteiger partial charge in [0.05, 0.1) is 18.1 Å². The second kappa shape index (κ2) is 6.50. The number of aromatic nitrogens is 4. The molecule has 0 fully saturated rings. The molecule has 2 aromatic heterocycles. The van der Waals surface area contributed by atoms with Gasteiger partial charge in [0, 0.05) is 18.8 Å². The number of nitrogens with one attached hydrogen (secondary N) is 1. The second-order valence-corrected chi connectivity index (χ2v) is 6.69. The molecule has 0 aliphatic heterocycles. The molecule has 2 aromatic rings. The topological polar surface area (TPSA) is 89.8 Å². The van der Waals surface area contributed by atoms with Crippen molar-refractivity contribution in [2.24, 2.45) is 0 Å². The van der Waals surface area contributed by atoms with E-state index < -0.39 is 10.0 Å². The van der Waals surface area contributed by atoms with Gasteiger partial charge in [-0.3, -0.25) is 4.68 Å². The summed E-state index contributed by atoms with van der Waals surface area (Å²) in [6.45, 7) is 4.85. The first kappa shape index (κ1) is 15.9. The highest BCUT2D eigenvalue weighted by atomic mass is 35.5. The van der Waals surface area contributed by atoms with Crippen molar-refractivity contribution in [3.63, 3.8) is 0 Å². The molecule has 0 spiro atoms. The fourth-order valence-corrected chi connectivity index (χ4v) is 2.92. The molecule has 2 rings (SSSR count). The minimum absolute atomic E-state index is 0.00184. The standard InChI is InChI=1S/C12H16ClN5O2S/c1-9-6-10(2)18(17-9)5-3-4-16-21(19,20)11-7-14-12(13)15-8-11/h6-8,16H,3-5H2,1-2H3. The van der Waals surface area contributed by atoms with Crippen LogP contribution >= 0.6 is 11.6 Å². The summed E-state index contributed by atoms with van der Waals surface area (Å²) < 4.78 is 28.3. The molecule has 2 heterocycles. The van der Waals surface area contributed by atoms with Gasteiger partial charge in [0.2, 0.25) is 15.3 Å². The molecule has 0 saturated heterocycles. The average Bonchev–Trinajstić information content (AvgIpc) is 2.74. The second-order valence-electron chi connectivity index (χ2n) is 4.59. The zero-order valence-electron chi connectivity index (χ0n) is 11.7. The van der Waals surface area contributed by atoms with Crippen molar-refractivity contribution in [3.8, 4) is 0 Å². The third-order valence-electron chi connectivity index (χ3n) is 2.85. The van der Waals surface area contributed by atoms with Crippen molar-refractivity contribution in [2.45, 2.75) is 31.7 Å². The molecule has 7 nitrogen and oxygen atoms in total. The van der Waals surface area contributed by atoms with Crippen LogP contribution in [0, 0.1) is 13.8 Å². The van der Waals surface area contributed by atoms with Crippen LogP contribution in [0.4, 0.5) is 0 Å². The number of aryl methyl sites for hydroxylation is 3. The van der Waals surface area contributed by atoms with Crippen LogP contribution in [0.3, 0.4) is 0 Å². The lowest BCUT2D eigenvalue weighted by atomic mass is 10.4. The van der Waals surface area contributed by atoms with Crippen molar-refractivity contribution < 1.29 is 8.42 Å². The number of nitrogens with zero attached hydrogens (tertiary/aromatic N) is 4. The van der Waals surface area contributed by atoms with Gasteiger partial charge in [0.25, 0.3) is 0 Å². The Balaban J connectivity index is 1.88. The molecule has 0 unspecified atom stereocenters. The molecule has 0 aliphatic rings. The number of hydrogen-bond acceptors (Lipinski definition) is 5. The van der Waals surface area contributed by atoms with Crippen LogP contribution in [0.5, 0.6) is 0 Å². The molecule has 0 bridgehead atoms. The number of hydrogen-bond donors (Lipinski definition) is 1. The molecule has 1 N–H and O–H groups in total. The van der Waals surface area contributed by atoms with Crippen molar-refractivity contribution >= 4 is 21.6 Å². The molecular formula is C12H16ClN5O2S. The largest absolute Gasteiger partial charge is 0.270 e. The number of sulfonamides is 1. The van der Waals surface area contributed by atoms with E-state index in [9.17, 15) is 8.42 Å². The maximum absolute atomic E-state index is 12.0. The van der Waals surface area contributed by atoms with Gasteiger partial charge in [-0.25, -0.2) is 23.1 Å². The Labute approximate surface area is 128 Å². The Morgan fingerprint density at radius 1 is 1.29 bits per heavy atom. The zero-order chi connectivity index (χ0) is 15.5. The van der Waals surface area contributed by atoms with E-state index in [0.29, 0.717) is 19.5 Å². The van der Waals surface area contributed by atoms with Gasteiger partial charge in [0.1, 0.15) is 4.90 Å². The lowest BCUT2D eigenvalue weighted by Gasteiger charge is -2.07. The SMILES string of the molecule is Cc1cc(C)n(CCCNS(=O)(=O)c2cnc(Cl)nc2)n1. The summed E-state index contributed by atoms with van der Waals surface area (Å²) in [5, 5.41) is 4.33. The van der Waals surface area contributed by atoms with E-state index >= 15 is 0 Å². The first-order valence-electron chi connectivity index (χ1n) is 6.37. The van der Waals surface area contributed by atoms with Crippen LogP contribution in [0.25, 0.3) is 0 Å². The van der Waals surface area contributed by atoms with Crippen LogP contribution < -0.4 is 4.72 Å². The van der Waals surface area contributed by atoms with E-state index in [1.54, 1.807) is 0 Å². The van der Waals surface area contributed by atoms with Crippen LogP contribution in [-0.4, -0.2) is 34.7 Å². The average molecular weight is 330 g/mol. The van der Waals surface area contributed by atoms with Crippen molar-refractivity contribution in [1.82, 2.24) is 24.5 Å². The van der Waals surface area contributed by atoms with Crippen LogP contribution in [0.2, 0.25) is 5.28 Å². The van der Waals surface area contributed by atoms with Crippen LogP contribution in [0.15, 0.2) is 23.4 Å². The minimum atomic E-state index is -3.60. The van der Waals surface area contributed by atoms with Gasteiger partial charge in [-0.2, -0.15) is 5.10 Å². The molecule has 9 heteroatoms. The van der Waals surface area contributed by atoms with Gasteiger partial charge < -0.3 is 0 Å². The summed E-state index contributed by atoms with van der Waals surface area (Å²) >= 11 is 5.53. The lowest BCUT2D eigenvalue weighted by Crippen LogP contribution is -2.26. The smallest absolute Gasteiger partial charge is 0.243 e. The predicted molar refractivity (Wildman–Crippen MR) is 78.5 cm³/mol. The highest BCUT2D eigenvalue weighted by Gasteiger charge is 2.14. The van der Waals surface area contributed by atoms with Gasteiger partial charge in [0.15, 0.2) is 0 Å². The first-order valence-corrected chi connectivity index (χ1v) is 8.23. The summed E-state index contributed by atoms with van der Waals surface area (Å²) in [5.41, 5.74) is 2.01. The predicted octanol–water partition coefficient (Wildman–Crippen LogP) is 1.31.